The van der Waals surface area contributed by atoms with E-state index in [9.17, 15) is 0 Å². The van der Waals surface area contributed by atoms with Crippen molar-refractivity contribution in [2.75, 3.05) is 13.6 Å². The highest BCUT2D eigenvalue weighted by atomic mass is 32.1. The first-order chi connectivity index (χ1) is 10.7. The van der Waals surface area contributed by atoms with E-state index in [1.807, 2.05) is 7.05 Å². The number of nitrogens with one attached hydrogen (secondary N) is 2. The Balaban J connectivity index is 1.39. The molecule has 1 heterocycles. The number of rotatable bonds is 5. The molecular weight excluding hydrogens is 292 g/mol. The quantitative estimate of drug-likeness (QED) is 0.647. The van der Waals surface area contributed by atoms with E-state index in [1.165, 1.54) is 37.0 Å². The van der Waals surface area contributed by atoms with Crippen LogP contribution in [0.2, 0.25) is 0 Å². The maximum atomic E-state index is 4.56. The summed E-state index contributed by atoms with van der Waals surface area (Å²) in [6.45, 7) is 5.98. The Bertz CT molecular complexity index is 517. The van der Waals surface area contributed by atoms with Crippen LogP contribution in [0.4, 0.5) is 0 Å². The Morgan fingerprint density at radius 2 is 2.14 bits per heavy atom. The van der Waals surface area contributed by atoms with Crippen LogP contribution in [0.15, 0.2) is 4.99 Å². The summed E-state index contributed by atoms with van der Waals surface area (Å²) in [6.07, 6.45) is 7.23. The molecular formula is C17H28N4S. The average Bonchev–Trinajstić information content (AvgIpc) is 3.19. The Hall–Kier alpha value is -1.10. The van der Waals surface area contributed by atoms with Gasteiger partial charge in [0.15, 0.2) is 5.96 Å². The van der Waals surface area contributed by atoms with Gasteiger partial charge in [-0.3, -0.25) is 4.99 Å². The largest absolute Gasteiger partial charge is 0.356 e. The number of hydrogen-bond acceptors (Lipinski definition) is 3. The standard InChI is InChI=1S/C17H28N4S/c1-11-12(2)22-16(21-11)10-20-17(18-3)19-7-6-15-9-13-4-5-14(15)8-13/h13-15H,4-10H2,1-3H3,(H2,18,19,20). The summed E-state index contributed by atoms with van der Waals surface area (Å²) in [5, 5.41) is 7.97. The van der Waals surface area contributed by atoms with Gasteiger partial charge in [-0.1, -0.05) is 6.42 Å². The molecule has 2 aliphatic rings. The number of thiazole rings is 1. The van der Waals surface area contributed by atoms with Crippen molar-refractivity contribution >= 4 is 17.3 Å². The molecule has 2 saturated carbocycles. The first kappa shape index (κ1) is 15.8. The van der Waals surface area contributed by atoms with E-state index in [0.717, 1.165) is 47.5 Å². The summed E-state index contributed by atoms with van der Waals surface area (Å²) in [7, 11) is 1.84. The average molecular weight is 321 g/mol. The van der Waals surface area contributed by atoms with Crippen LogP contribution in [0.5, 0.6) is 0 Å². The fourth-order valence-corrected chi connectivity index (χ4v) is 4.97. The third kappa shape index (κ3) is 3.62. The Labute approximate surface area is 137 Å². The molecule has 1 aromatic heterocycles. The Morgan fingerprint density at radius 1 is 1.27 bits per heavy atom. The molecule has 2 aliphatic carbocycles. The molecule has 2 N–H and O–H groups in total. The van der Waals surface area contributed by atoms with Gasteiger partial charge < -0.3 is 10.6 Å². The summed E-state index contributed by atoms with van der Waals surface area (Å²) in [5.41, 5.74) is 1.14. The number of guanidine groups is 1. The van der Waals surface area contributed by atoms with Gasteiger partial charge in [-0.2, -0.15) is 0 Å². The lowest BCUT2D eigenvalue weighted by atomic mass is 9.86. The van der Waals surface area contributed by atoms with E-state index in [2.05, 4.69) is 34.5 Å². The van der Waals surface area contributed by atoms with E-state index >= 15 is 0 Å². The zero-order chi connectivity index (χ0) is 15.5. The monoisotopic (exact) mass is 320 g/mol. The van der Waals surface area contributed by atoms with Crippen molar-refractivity contribution in [3.63, 3.8) is 0 Å². The van der Waals surface area contributed by atoms with Crippen LogP contribution in [0.1, 0.15) is 47.7 Å². The lowest BCUT2D eigenvalue weighted by Crippen LogP contribution is -2.38. The molecule has 0 amide bonds. The van der Waals surface area contributed by atoms with Crippen LogP contribution < -0.4 is 10.6 Å². The third-order valence-electron chi connectivity index (χ3n) is 5.40. The first-order valence-electron chi connectivity index (χ1n) is 8.53. The molecule has 4 nitrogen and oxygen atoms in total. The molecule has 2 fully saturated rings. The van der Waals surface area contributed by atoms with Crippen LogP contribution in [0.3, 0.4) is 0 Å². The van der Waals surface area contributed by atoms with Crippen LogP contribution in [-0.4, -0.2) is 24.5 Å². The lowest BCUT2D eigenvalue weighted by molar-refractivity contribution is 0.315. The van der Waals surface area contributed by atoms with E-state index in [1.54, 1.807) is 11.3 Å². The molecule has 0 aromatic carbocycles. The van der Waals surface area contributed by atoms with Gasteiger partial charge in [-0.25, -0.2) is 4.98 Å². The first-order valence-corrected chi connectivity index (χ1v) is 9.34. The lowest BCUT2D eigenvalue weighted by Gasteiger charge is -2.22. The van der Waals surface area contributed by atoms with Gasteiger partial charge in [0.2, 0.25) is 0 Å². The van der Waals surface area contributed by atoms with Crippen molar-refractivity contribution in [3.05, 3.63) is 15.6 Å². The van der Waals surface area contributed by atoms with E-state index in [0.29, 0.717) is 0 Å². The highest BCUT2D eigenvalue weighted by Gasteiger charge is 2.38. The number of hydrogen-bond donors (Lipinski definition) is 2. The summed E-state index contributed by atoms with van der Waals surface area (Å²) in [5.74, 6) is 3.91. The second kappa shape index (κ2) is 6.99. The number of nitrogens with zero attached hydrogens (tertiary/aromatic N) is 2. The SMILES string of the molecule is CN=C(NCCC1CC2CCC1C2)NCc1nc(C)c(C)s1. The summed E-state index contributed by atoms with van der Waals surface area (Å²) in [4.78, 5) is 10.2. The minimum atomic E-state index is 0.757. The van der Waals surface area contributed by atoms with Crippen LogP contribution in [-0.2, 0) is 6.54 Å². The smallest absolute Gasteiger partial charge is 0.191 e. The van der Waals surface area contributed by atoms with Crippen molar-refractivity contribution < 1.29 is 0 Å². The molecule has 5 heteroatoms. The number of fused-ring (bicyclic) bond motifs is 2. The number of aliphatic imine (C=N–C) groups is 1. The highest BCUT2D eigenvalue weighted by molar-refractivity contribution is 7.11. The minimum absolute atomic E-state index is 0.757. The predicted molar refractivity (Wildman–Crippen MR) is 93.3 cm³/mol. The van der Waals surface area contributed by atoms with Gasteiger partial charge in [0.25, 0.3) is 0 Å². The Morgan fingerprint density at radius 3 is 2.73 bits per heavy atom. The predicted octanol–water partition coefficient (Wildman–Crippen LogP) is 3.25. The molecule has 3 rings (SSSR count). The van der Waals surface area contributed by atoms with E-state index in [-0.39, 0.29) is 0 Å². The Kier molecular flexibility index (Phi) is 5.01. The van der Waals surface area contributed by atoms with E-state index in [4.69, 9.17) is 0 Å². The zero-order valence-electron chi connectivity index (χ0n) is 14.0. The normalized spacial score (nSPS) is 27.4. The molecule has 3 unspecified atom stereocenters. The molecule has 0 aliphatic heterocycles. The third-order valence-corrected chi connectivity index (χ3v) is 6.47. The van der Waals surface area contributed by atoms with Crippen molar-refractivity contribution in [3.8, 4) is 0 Å². The summed E-state index contributed by atoms with van der Waals surface area (Å²) >= 11 is 1.76. The second-order valence-electron chi connectivity index (χ2n) is 6.83. The molecule has 0 radical (unpaired) electrons. The van der Waals surface area contributed by atoms with Crippen LogP contribution in [0.25, 0.3) is 0 Å². The maximum Gasteiger partial charge on any atom is 0.191 e. The summed E-state index contributed by atoms with van der Waals surface area (Å²) < 4.78 is 0. The summed E-state index contributed by atoms with van der Waals surface area (Å²) in [6, 6.07) is 0. The van der Waals surface area contributed by atoms with Gasteiger partial charge in [-0.05, 0) is 57.3 Å². The fraction of sp³-hybridized carbons (Fsp3) is 0.765. The van der Waals surface area contributed by atoms with Gasteiger partial charge in [0.05, 0.1) is 12.2 Å². The molecule has 122 valence electrons. The maximum absolute atomic E-state index is 4.56. The van der Waals surface area contributed by atoms with Gasteiger partial charge in [0, 0.05) is 18.5 Å². The van der Waals surface area contributed by atoms with Crippen LogP contribution >= 0.6 is 11.3 Å². The molecule has 0 saturated heterocycles. The van der Waals surface area contributed by atoms with Gasteiger partial charge in [-0.15, -0.1) is 11.3 Å². The van der Waals surface area contributed by atoms with Crippen molar-refractivity contribution in [1.29, 1.82) is 0 Å². The van der Waals surface area contributed by atoms with Crippen molar-refractivity contribution in [2.45, 2.75) is 52.5 Å². The van der Waals surface area contributed by atoms with Crippen molar-refractivity contribution in [2.24, 2.45) is 22.7 Å². The second-order valence-corrected chi connectivity index (χ2v) is 8.11. The van der Waals surface area contributed by atoms with E-state index < -0.39 is 0 Å². The number of aromatic nitrogens is 1. The van der Waals surface area contributed by atoms with Crippen molar-refractivity contribution in [1.82, 2.24) is 15.6 Å². The molecule has 22 heavy (non-hydrogen) atoms. The van der Waals surface area contributed by atoms with Crippen LogP contribution in [0, 0.1) is 31.6 Å². The zero-order valence-corrected chi connectivity index (χ0v) is 14.8. The molecule has 2 bridgehead atoms. The molecule has 0 spiro atoms. The highest BCUT2D eigenvalue weighted by Crippen LogP contribution is 2.49. The van der Waals surface area contributed by atoms with Gasteiger partial charge >= 0.3 is 0 Å². The minimum Gasteiger partial charge on any atom is -0.356 e. The topological polar surface area (TPSA) is 49.3 Å². The molecule has 3 atom stereocenters. The molecule has 1 aromatic rings. The van der Waals surface area contributed by atoms with Gasteiger partial charge in [0.1, 0.15) is 5.01 Å². The number of aryl methyl sites for hydroxylation is 2. The fourth-order valence-electron chi connectivity index (χ4n) is 4.10.